The molecule has 1 N–H and O–H groups in total. The van der Waals surface area contributed by atoms with Crippen molar-refractivity contribution in [2.75, 3.05) is 6.61 Å². The molecule has 6 nitrogen and oxygen atoms in total. The number of carbonyl (C=O) groups is 1. The van der Waals surface area contributed by atoms with Gasteiger partial charge in [-0.25, -0.2) is 9.97 Å². The second-order valence-electron chi connectivity index (χ2n) is 6.44. The summed E-state index contributed by atoms with van der Waals surface area (Å²) in [5.74, 6) is 0.891. The zero-order valence-electron chi connectivity index (χ0n) is 15.1. The number of hydrogen-bond donors (Lipinski definition) is 1. The third-order valence-electron chi connectivity index (χ3n) is 4.45. The van der Waals surface area contributed by atoms with Crippen LogP contribution in [0.1, 0.15) is 38.2 Å². The molecule has 6 heteroatoms. The highest BCUT2D eigenvalue weighted by atomic mass is 16.5. The molecule has 0 unspecified atom stereocenters. The van der Waals surface area contributed by atoms with E-state index in [1.807, 2.05) is 31.2 Å². The summed E-state index contributed by atoms with van der Waals surface area (Å²) in [6.07, 6.45) is 7.47. The van der Waals surface area contributed by atoms with E-state index in [1.54, 1.807) is 18.5 Å². The van der Waals surface area contributed by atoms with Crippen LogP contribution >= 0.6 is 0 Å². The van der Waals surface area contributed by atoms with E-state index in [4.69, 9.17) is 9.47 Å². The van der Waals surface area contributed by atoms with E-state index in [1.165, 1.54) is 0 Å². The average Bonchev–Trinajstić information content (AvgIpc) is 2.66. The molecule has 0 bridgehead atoms. The van der Waals surface area contributed by atoms with Crippen LogP contribution in [0.15, 0.2) is 42.7 Å². The predicted molar refractivity (Wildman–Crippen MR) is 98.2 cm³/mol. The molecule has 0 atom stereocenters. The van der Waals surface area contributed by atoms with Crippen molar-refractivity contribution in [1.82, 2.24) is 15.3 Å². The van der Waals surface area contributed by atoms with Gasteiger partial charge in [0.05, 0.1) is 13.0 Å². The van der Waals surface area contributed by atoms with Gasteiger partial charge in [-0.15, -0.1) is 0 Å². The first-order valence-electron chi connectivity index (χ1n) is 9.17. The molecule has 138 valence electrons. The lowest BCUT2D eigenvalue weighted by molar-refractivity contribution is -0.121. The summed E-state index contributed by atoms with van der Waals surface area (Å²) in [4.78, 5) is 20.5. The number of carbonyl (C=O) groups excluding carboxylic acids is 1. The third kappa shape index (κ3) is 5.44. The van der Waals surface area contributed by atoms with Gasteiger partial charge in [0, 0.05) is 18.4 Å². The van der Waals surface area contributed by atoms with Crippen molar-refractivity contribution in [3.8, 4) is 11.8 Å². The van der Waals surface area contributed by atoms with Crippen LogP contribution < -0.4 is 14.8 Å². The second kappa shape index (κ2) is 9.17. The number of hydrogen-bond acceptors (Lipinski definition) is 5. The Morgan fingerprint density at radius 2 is 1.81 bits per heavy atom. The maximum atomic E-state index is 12.3. The standard InChI is InChI=1S/C20H25N3O3/c1-2-25-17-8-4-15(5-9-17)14-19(24)23-16-6-10-18(11-7-16)26-20-21-12-3-13-22-20/h3-5,8-9,12-13,16,18H,2,6-7,10-11,14H2,1H3,(H,23,24). The SMILES string of the molecule is CCOc1ccc(CC(=O)NC2CCC(Oc3ncccn3)CC2)cc1. The van der Waals surface area contributed by atoms with Crippen LogP contribution in [-0.4, -0.2) is 34.6 Å². The van der Waals surface area contributed by atoms with Crippen LogP contribution in [0, 0.1) is 0 Å². The van der Waals surface area contributed by atoms with E-state index in [9.17, 15) is 4.79 Å². The molecule has 1 saturated carbocycles. The van der Waals surface area contributed by atoms with Crippen molar-refractivity contribution in [1.29, 1.82) is 0 Å². The number of ether oxygens (including phenoxy) is 2. The Labute approximate surface area is 154 Å². The van der Waals surface area contributed by atoms with Crippen LogP contribution in [0.2, 0.25) is 0 Å². The molecule has 1 aliphatic carbocycles. The summed E-state index contributed by atoms with van der Waals surface area (Å²) < 4.78 is 11.2. The summed E-state index contributed by atoms with van der Waals surface area (Å²) >= 11 is 0. The lowest BCUT2D eigenvalue weighted by Crippen LogP contribution is -2.40. The van der Waals surface area contributed by atoms with Gasteiger partial charge in [0.1, 0.15) is 11.9 Å². The Morgan fingerprint density at radius 3 is 2.46 bits per heavy atom. The van der Waals surface area contributed by atoms with Gasteiger partial charge < -0.3 is 14.8 Å². The summed E-state index contributed by atoms with van der Waals surface area (Å²) in [7, 11) is 0. The van der Waals surface area contributed by atoms with E-state index in [2.05, 4.69) is 15.3 Å². The van der Waals surface area contributed by atoms with Gasteiger partial charge >= 0.3 is 6.01 Å². The van der Waals surface area contributed by atoms with E-state index in [0.29, 0.717) is 19.0 Å². The molecule has 0 aliphatic heterocycles. The van der Waals surface area contributed by atoms with E-state index >= 15 is 0 Å². The van der Waals surface area contributed by atoms with Crippen LogP contribution in [-0.2, 0) is 11.2 Å². The van der Waals surface area contributed by atoms with Crippen molar-refractivity contribution in [3.05, 3.63) is 48.3 Å². The smallest absolute Gasteiger partial charge is 0.316 e. The van der Waals surface area contributed by atoms with E-state index in [0.717, 1.165) is 37.0 Å². The first-order valence-corrected chi connectivity index (χ1v) is 9.17. The van der Waals surface area contributed by atoms with Crippen molar-refractivity contribution >= 4 is 5.91 Å². The second-order valence-corrected chi connectivity index (χ2v) is 6.44. The van der Waals surface area contributed by atoms with Crippen molar-refractivity contribution in [2.24, 2.45) is 0 Å². The van der Waals surface area contributed by atoms with E-state index < -0.39 is 0 Å². The molecule has 1 aromatic heterocycles. The van der Waals surface area contributed by atoms with Gasteiger partial charge in [-0.2, -0.15) is 0 Å². The quantitative estimate of drug-likeness (QED) is 0.827. The molecule has 1 fully saturated rings. The van der Waals surface area contributed by atoms with Crippen molar-refractivity contribution in [3.63, 3.8) is 0 Å². The molecule has 1 heterocycles. The zero-order chi connectivity index (χ0) is 18.2. The monoisotopic (exact) mass is 355 g/mol. The molecule has 0 saturated heterocycles. The number of aromatic nitrogens is 2. The lowest BCUT2D eigenvalue weighted by atomic mass is 9.93. The Kier molecular flexibility index (Phi) is 6.41. The van der Waals surface area contributed by atoms with E-state index in [-0.39, 0.29) is 18.1 Å². The van der Waals surface area contributed by atoms with Crippen LogP contribution in [0.4, 0.5) is 0 Å². The number of nitrogens with zero attached hydrogens (tertiary/aromatic N) is 2. The minimum Gasteiger partial charge on any atom is -0.494 e. The molecule has 2 aromatic rings. The molecule has 0 spiro atoms. The summed E-state index contributed by atoms with van der Waals surface area (Å²) in [6.45, 7) is 2.59. The minimum atomic E-state index is 0.0601. The third-order valence-corrected chi connectivity index (χ3v) is 4.45. The largest absolute Gasteiger partial charge is 0.494 e. The first-order chi connectivity index (χ1) is 12.7. The van der Waals surface area contributed by atoms with Gasteiger partial charge in [-0.3, -0.25) is 4.79 Å². The van der Waals surface area contributed by atoms with Crippen LogP contribution in [0.5, 0.6) is 11.8 Å². The Hall–Kier alpha value is -2.63. The minimum absolute atomic E-state index is 0.0601. The summed E-state index contributed by atoms with van der Waals surface area (Å²) in [6, 6.07) is 10.1. The van der Waals surface area contributed by atoms with Gasteiger partial charge in [0.15, 0.2) is 0 Å². The highest BCUT2D eigenvalue weighted by molar-refractivity contribution is 5.78. The molecule has 0 radical (unpaired) electrons. The van der Waals surface area contributed by atoms with Gasteiger partial charge in [0.25, 0.3) is 0 Å². The fourth-order valence-corrected chi connectivity index (χ4v) is 3.15. The van der Waals surface area contributed by atoms with Crippen molar-refractivity contribution in [2.45, 2.75) is 51.2 Å². The normalized spacial score (nSPS) is 19.6. The Morgan fingerprint density at radius 1 is 1.12 bits per heavy atom. The number of benzene rings is 1. The number of amides is 1. The number of nitrogens with one attached hydrogen (secondary N) is 1. The fourth-order valence-electron chi connectivity index (χ4n) is 3.15. The van der Waals surface area contributed by atoms with Crippen LogP contribution in [0.3, 0.4) is 0 Å². The summed E-state index contributed by atoms with van der Waals surface area (Å²) in [5, 5.41) is 3.13. The van der Waals surface area contributed by atoms with Gasteiger partial charge in [-0.05, 0) is 56.4 Å². The highest BCUT2D eigenvalue weighted by Gasteiger charge is 2.24. The first kappa shape index (κ1) is 18.2. The molecule has 1 aliphatic rings. The van der Waals surface area contributed by atoms with Gasteiger partial charge in [-0.1, -0.05) is 12.1 Å². The van der Waals surface area contributed by atoms with Crippen LogP contribution in [0.25, 0.3) is 0 Å². The molecule has 1 aromatic carbocycles. The van der Waals surface area contributed by atoms with Gasteiger partial charge in [0.2, 0.25) is 5.91 Å². The maximum Gasteiger partial charge on any atom is 0.316 e. The molecule has 3 rings (SSSR count). The fraction of sp³-hybridized carbons (Fsp3) is 0.450. The predicted octanol–water partition coefficient (Wildman–Crippen LogP) is 2.92. The molecular weight excluding hydrogens is 330 g/mol. The Bertz CT molecular complexity index is 683. The summed E-state index contributed by atoms with van der Waals surface area (Å²) in [5.41, 5.74) is 0.990. The average molecular weight is 355 g/mol. The molecular formula is C20H25N3O3. The van der Waals surface area contributed by atoms with Crippen molar-refractivity contribution < 1.29 is 14.3 Å². The maximum absolute atomic E-state index is 12.3. The highest BCUT2D eigenvalue weighted by Crippen LogP contribution is 2.22. The number of rotatable bonds is 7. The Balaban J connectivity index is 1.40. The topological polar surface area (TPSA) is 73.3 Å². The zero-order valence-corrected chi connectivity index (χ0v) is 15.1. The molecule has 26 heavy (non-hydrogen) atoms. The molecule has 1 amide bonds. The lowest BCUT2D eigenvalue weighted by Gasteiger charge is -2.28.